The Hall–Kier alpha value is -1.37. The predicted molar refractivity (Wildman–Crippen MR) is 94.6 cm³/mol. The number of hydrogen-bond acceptors (Lipinski definition) is 3. The van der Waals surface area contributed by atoms with Crippen molar-refractivity contribution < 1.29 is 8.42 Å². The van der Waals surface area contributed by atoms with Gasteiger partial charge in [0.05, 0.1) is 4.90 Å². The fourth-order valence-electron chi connectivity index (χ4n) is 3.21. The van der Waals surface area contributed by atoms with E-state index in [1.165, 1.54) is 0 Å². The van der Waals surface area contributed by atoms with E-state index < -0.39 is 10.0 Å². The molecular formula is C17H22ClN3O2S. The first-order valence-corrected chi connectivity index (χ1v) is 9.94. The van der Waals surface area contributed by atoms with E-state index in [-0.39, 0.29) is 0 Å². The van der Waals surface area contributed by atoms with Crippen molar-refractivity contribution in [2.75, 3.05) is 13.1 Å². The molecule has 130 valence electrons. The van der Waals surface area contributed by atoms with E-state index in [9.17, 15) is 8.42 Å². The molecule has 2 aromatic rings. The normalized spacial score (nSPS) is 17.3. The molecule has 1 aromatic heterocycles. The zero-order valence-corrected chi connectivity index (χ0v) is 15.5. The molecule has 1 fully saturated rings. The highest BCUT2D eigenvalue weighted by Crippen LogP contribution is 2.29. The minimum Gasteiger partial charge on any atom is -0.335 e. The summed E-state index contributed by atoms with van der Waals surface area (Å²) in [5.41, 5.74) is 0.621. The van der Waals surface area contributed by atoms with Crippen molar-refractivity contribution in [1.29, 1.82) is 0 Å². The van der Waals surface area contributed by atoms with Crippen LogP contribution in [0.3, 0.4) is 0 Å². The van der Waals surface area contributed by atoms with E-state index in [1.807, 2.05) is 13.1 Å². The first-order valence-electron chi connectivity index (χ1n) is 8.12. The third kappa shape index (κ3) is 3.36. The monoisotopic (exact) mass is 367 g/mol. The molecule has 1 aliphatic heterocycles. The summed E-state index contributed by atoms with van der Waals surface area (Å²) in [5.74, 6) is 1.48. The maximum atomic E-state index is 12.9. The van der Waals surface area contributed by atoms with Crippen LogP contribution in [0.15, 0.2) is 35.5 Å². The average Bonchev–Trinajstić information content (AvgIpc) is 2.95. The quantitative estimate of drug-likeness (QED) is 0.833. The summed E-state index contributed by atoms with van der Waals surface area (Å²) in [6.07, 6.45) is 5.50. The number of aryl methyl sites for hydroxylation is 1. The third-order valence-electron chi connectivity index (χ3n) is 4.79. The second kappa shape index (κ2) is 6.86. The van der Waals surface area contributed by atoms with Crippen LogP contribution in [-0.4, -0.2) is 35.4 Å². The molecular weight excluding hydrogens is 346 g/mol. The molecule has 0 N–H and O–H groups in total. The Labute approximate surface area is 148 Å². The number of nitrogens with zero attached hydrogens (tertiary/aromatic N) is 3. The van der Waals surface area contributed by atoms with Gasteiger partial charge in [0.15, 0.2) is 0 Å². The van der Waals surface area contributed by atoms with Gasteiger partial charge in [0.1, 0.15) is 5.82 Å². The molecule has 3 rings (SSSR count). The van der Waals surface area contributed by atoms with Crippen LogP contribution in [0.25, 0.3) is 0 Å². The highest BCUT2D eigenvalue weighted by atomic mass is 35.5. The first kappa shape index (κ1) is 17.5. The summed E-state index contributed by atoms with van der Waals surface area (Å²) in [6, 6.07) is 5.05. The molecule has 5 nitrogen and oxygen atoms in total. The topological polar surface area (TPSA) is 55.2 Å². The lowest BCUT2D eigenvalue weighted by atomic mass is 9.98. The van der Waals surface area contributed by atoms with E-state index in [4.69, 9.17) is 11.6 Å². The summed E-state index contributed by atoms with van der Waals surface area (Å²) in [4.78, 5) is 4.56. The zero-order chi connectivity index (χ0) is 17.3. The second-order valence-electron chi connectivity index (χ2n) is 6.34. The van der Waals surface area contributed by atoms with Gasteiger partial charge in [-0.3, -0.25) is 0 Å². The van der Waals surface area contributed by atoms with E-state index in [1.54, 1.807) is 35.6 Å². The van der Waals surface area contributed by atoms with Gasteiger partial charge in [-0.15, -0.1) is 0 Å². The van der Waals surface area contributed by atoms with Crippen LogP contribution in [0.5, 0.6) is 0 Å². The Bertz CT molecular complexity index is 824. The maximum absolute atomic E-state index is 12.9. The van der Waals surface area contributed by atoms with Crippen LogP contribution in [-0.2, 0) is 16.6 Å². The summed E-state index contributed by atoms with van der Waals surface area (Å²) in [6.45, 7) is 5.74. The molecule has 0 bridgehead atoms. The van der Waals surface area contributed by atoms with E-state index in [0.717, 1.165) is 25.2 Å². The molecule has 0 spiro atoms. The van der Waals surface area contributed by atoms with Crippen molar-refractivity contribution in [3.63, 3.8) is 0 Å². The van der Waals surface area contributed by atoms with Gasteiger partial charge >= 0.3 is 0 Å². The molecule has 0 amide bonds. The lowest BCUT2D eigenvalue weighted by Gasteiger charge is -2.32. The number of piperidine rings is 1. The number of rotatable bonds is 4. The molecule has 0 aliphatic carbocycles. The molecule has 1 saturated heterocycles. The van der Waals surface area contributed by atoms with Crippen molar-refractivity contribution in [2.45, 2.75) is 38.1 Å². The third-order valence-corrected chi connectivity index (χ3v) is 7.24. The van der Waals surface area contributed by atoms with Gasteiger partial charge in [0, 0.05) is 37.1 Å². The number of imidazole rings is 1. The van der Waals surface area contributed by atoms with Gasteiger partial charge in [-0.05, 0) is 50.3 Å². The van der Waals surface area contributed by atoms with Crippen molar-refractivity contribution in [3.8, 4) is 0 Å². The Morgan fingerprint density at radius 2 is 1.96 bits per heavy atom. The molecule has 0 unspecified atom stereocenters. The van der Waals surface area contributed by atoms with Crippen LogP contribution in [0.4, 0.5) is 0 Å². The Kier molecular flexibility index (Phi) is 4.99. The van der Waals surface area contributed by atoms with Crippen LogP contribution >= 0.6 is 11.6 Å². The van der Waals surface area contributed by atoms with Gasteiger partial charge in [-0.2, -0.15) is 4.31 Å². The summed E-state index contributed by atoms with van der Waals surface area (Å²) >= 11 is 6.08. The lowest BCUT2D eigenvalue weighted by Crippen LogP contribution is -2.39. The van der Waals surface area contributed by atoms with E-state index in [0.29, 0.717) is 34.5 Å². The number of sulfonamides is 1. The highest BCUT2D eigenvalue weighted by molar-refractivity contribution is 7.89. The number of aromatic nitrogens is 2. The van der Waals surface area contributed by atoms with Crippen molar-refractivity contribution in [3.05, 3.63) is 47.0 Å². The van der Waals surface area contributed by atoms with Crippen molar-refractivity contribution in [1.82, 2.24) is 13.9 Å². The lowest BCUT2D eigenvalue weighted by molar-refractivity contribution is 0.252. The van der Waals surface area contributed by atoms with Crippen LogP contribution < -0.4 is 0 Å². The Morgan fingerprint density at radius 1 is 1.25 bits per heavy atom. The predicted octanol–water partition coefficient (Wildman–Crippen LogP) is 3.25. The highest BCUT2D eigenvalue weighted by Gasteiger charge is 2.30. The summed E-state index contributed by atoms with van der Waals surface area (Å²) in [5, 5.41) is 0.488. The summed E-state index contributed by atoms with van der Waals surface area (Å²) in [7, 11) is -3.48. The molecule has 7 heteroatoms. The number of hydrogen-bond donors (Lipinski definition) is 0. The Morgan fingerprint density at radius 3 is 2.58 bits per heavy atom. The fraction of sp³-hybridized carbons (Fsp3) is 0.471. The molecule has 2 heterocycles. The minimum absolute atomic E-state index is 0.318. The van der Waals surface area contributed by atoms with Crippen molar-refractivity contribution >= 4 is 21.6 Å². The largest absolute Gasteiger partial charge is 0.335 e. The maximum Gasteiger partial charge on any atom is 0.243 e. The van der Waals surface area contributed by atoms with Gasteiger partial charge < -0.3 is 4.57 Å². The van der Waals surface area contributed by atoms with Crippen LogP contribution in [0, 0.1) is 19.8 Å². The van der Waals surface area contributed by atoms with E-state index in [2.05, 4.69) is 9.55 Å². The fourth-order valence-corrected chi connectivity index (χ4v) is 5.16. The van der Waals surface area contributed by atoms with Crippen LogP contribution in [0.1, 0.15) is 24.2 Å². The SMILES string of the molecule is Cc1c(Cl)cccc1S(=O)(=O)N1CCC(Cn2ccnc2C)CC1. The minimum atomic E-state index is -3.48. The summed E-state index contributed by atoms with van der Waals surface area (Å²) < 4.78 is 29.5. The number of benzene rings is 1. The van der Waals surface area contributed by atoms with Gasteiger partial charge in [0.2, 0.25) is 10.0 Å². The first-order chi connectivity index (χ1) is 11.4. The zero-order valence-electron chi connectivity index (χ0n) is 13.9. The second-order valence-corrected chi connectivity index (χ2v) is 8.65. The van der Waals surface area contributed by atoms with E-state index >= 15 is 0 Å². The number of halogens is 1. The molecule has 0 saturated carbocycles. The van der Waals surface area contributed by atoms with Gasteiger partial charge in [0.25, 0.3) is 0 Å². The smallest absolute Gasteiger partial charge is 0.243 e. The van der Waals surface area contributed by atoms with Gasteiger partial charge in [-0.1, -0.05) is 17.7 Å². The van der Waals surface area contributed by atoms with Crippen LogP contribution in [0.2, 0.25) is 5.02 Å². The molecule has 0 radical (unpaired) electrons. The van der Waals surface area contributed by atoms with Crippen molar-refractivity contribution in [2.24, 2.45) is 5.92 Å². The standard InChI is InChI=1S/C17H22ClN3O2S/c1-13-16(18)4-3-5-17(13)24(22,23)21-9-6-15(7-10-21)12-20-11-8-19-14(20)2/h3-5,8,11,15H,6-7,9-10,12H2,1-2H3. The molecule has 0 atom stereocenters. The molecule has 1 aliphatic rings. The Balaban J connectivity index is 1.70. The molecule has 1 aromatic carbocycles. The average molecular weight is 368 g/mol. The van der Waals surface area contributed by atoms with Gasteiger partial charge in [-0.25, -0.2) is 13.4 Å². The molecule has 24 heavy (non-hydrogen) atoms.